The monoisotopic (exact) mass is 368 g/mol. The van der Waals surface area contributed by atoms with Crippen molar-refractivity contribution in [3.05, 3.63) is 11.1 Å². The summed E-state index contributed by atoms with van der Waals surface area (Å²) < 4.78 is 27.3. The van der Waals surface area contributed by atoms with Crippen LogP contribution in [0.4, 0.5) is 0 Å². The lowest BCUT2D eigenvalue weighted by Crippen LogP contribution is -2.45. The second-order valence-electron chi connectivity index (χ2n) is 4.12. The summed E-state index contributed by atoms with van der Waals surface area (Å²) in [7, 11) is -3.45. The zero-order valence-electron chi connectivity index (χ0n) is 9.91. The smallest absolute Gasteiger partial charge is 0.261 e. The summed E-state index contributed by atoms with van der Waals surface area (Å²) in [5.41, 5.74) is 0.762. The Morgan fingerprint density at radius 1 is 1.05 bits per heavy atom. The van der Waals surface area contributed by atoms with Gasteiger partial charge in [-0.25, -0.2) is 13.6 Å². The first-order valence-corrected chi connectivity index (χ1v) is 9.24. The molecule has 0 saturated carbocycles. The Morgan fingerprint density at radius 2 is 1.58 bits per heavy atom. The van der Waals surface area contributed by atoms with Crippen molar-refractivity contribution in [3.8, 4) is 0 Å². The van der Waals surface area contributed by atoms with Crippen molar-refractivity contribution in [2.45, 2.75) is 30.6 Å². The molecule has 4 nitrogen and oxygen atoms in total. The van der Waals surface area contributed by atoms with Gasteiger partial charge >= 0.3 is 7.82 Å². The predicted molar refractivity (Wildman–Crippen MR) is 76.3 cm³/mol. The number of allylic oxidation sites excluding steroid dienone is 1. The Morgan fingerprint density at radius 3 is 1.95 bits per heavy atom. The van der Waals surface area contributed by atoms with Crippen LogP contribution in [0.15, 0.2) is 11.1 Å². The minimum absolute atomic E-state index is 0.353. The quantitative estimate of drug-likeness (QED) is 0.373. The third-order valence-corrected chi connectivity index (χ3v) is 5.53. The molecule has 3 fully saturated rings. The van der Waals surface area contributed by atoms with E-state index in [2.05, 4.69) is 0 Å². The van der Waals surface area contributed by atoms with Gasteiger partial charge in [-0.2, -0.15) is 0 Å². The SMILES string of the molecule is O=P12OC(Cl)C(C(CCCl)=C(CCCl)CCCl)(O1)O2. The van der Waals surface area contributed by atoms with Crippen molar-refractivity contribution in [2.75, 3.05) is 17.6 Å². The standard InChI is InChI=1S/C10H13Cl4O4P/c11-4-1-7(2-5-12)8(3-6-13)10-9(14)16-19(15,17-10)18-10/h9H,1-6H2. The Labute approximate surface area is 131 Å². The molecule has 110 valence electrons. The van der Waals surface area contributed by atoms with Gasteiger partial charge < -0.3 is 0 Å². The van der Waals surface area contributed by atoms with E-state index in [4.69, 9.17) is 60.0 Å². The van der Waals surface area contributed by atoms with Crippen LogP contribution < -0.4 is 0 Å². The van der Waals surface area contributed by atoms with Crippen LogP contribution in [-0.2, 0) is 18.1 Å². The molecule has 3 saturated heterocycles. The first-order chi connectivity index (χ1) is 9.01. The van der Waals surface area contributed by atoms with E-state index in [9.17, 15) is 4.57 Å². The van der Waals surface area contributed by atoms with Crippen molar-refractivity contribution in [2.24, 2.45) is 0 Å². The number of fused-ring (bicyclic) bond motifs is 1. The highest BCUT2D eigenvalue weighted by atomic mass is 35.5. The lowest BCUT2D eigenvalue weighted by molar-refractivity contribution is -0.142. The van der Waals surface area contributed by atoms with Crippen molar-refractivity contribution in [1.29, 1.82) is 0 Å². The van der Waals surface area contributed by atoms with Gasteiger partial charge in [0.25, 0.3) is 5.79 Å². The molecule has 3 aliphatic rings. The molecule has 0 radical (unpaired) electrons. The molecule has 3 heterocycles. The van der Waals surface area contributed by atoms with Crippen LogP contribution in [0.2, 0.25) is 0 Å². The van der Waals surface area contributed by atoms with Crippen molar-refractivity contribution in [1.82, 2.24) is 0 Å². The fraction of sp³-hybridized carbons (Fsp3) is 0.800. The Hall–Kier alpha value is 1.01. The number of phosphoric ester groups is 1. The number of hydrogen-bond acceptors (Lipinski definition) is 4. The average Bonchev–Trinajstić information content (AvgIpc) is 2.71. The summed E-state index contributed by atoms with van der Waals surface area (Å²) >= 11 is 23.4. The van der Waals surface area contributed by atoms with Gasteiger partial charge in [-0.3, -0.25) is 4.52 Å². The van der Waals surface area contributed by atoms with Crippen LogP contribution >= 0.6 is 54.2 Å². The van der Waals surface area contributed by atoms with Gasteiger partial charge in [-0.1, -0.05) is 17.2 Å². The number of alkyl halides is 4. The van der Waals surface area contributed by atoms with Gasteiger partial charge in [0.2, 0.25) is 5.56 Å². The maximum Gasteiger partial charge on any atom is 0.482 e. The number of phosphoric acid groups is 1. The fourth-order valence-corrected chi connectivity index (χ4v) is 5.07. The van der Waals surface area contributed by atoms with E-state index in [-0.39, 0.29) is 0 Å². The zero-order valence-corrected chi connectivity index (χ0v) is 13.8. The first-order valence-electron chi connectivity index (χ1n) is 5.74. The lowest BCUT2D eigenvalue weighted by atomic mass is 9.94. The molecule has 1 atom stereocenters. The molecule has 3 aliphatic heterocycles. The van der Waals surface area contributed by atoms with E-state index in [1.165, 1.54) is 0 Å². The molecular formula is C10H13Cl4O4P. The number of halogens is 4. The minimum atomic E-state index is -3.45. The van der Waals surface area contributed by atoms with E-state index in [0.717, 1.165) is 11.1 Å². The van der Waals surface area contributed by atoms with Crippen LogP contribution in [0.25, 0.3) is 0 Å². The summed E-state index contributed by atoms with van der Waals surface area (Å²) in [6.07, 6.45) is 1.71. The maximum absolute atomic E-state index is 11.7. The maximum atomic E-state index is 11.7. The average molecular weight is 370 g/mol. The molecule has 0 aliphatic carbocycles. The largest absolute Gasteiger partial charge is 0.482 e. The normalized spacial score (nSPS) is 36.1. The van der Waals surface area contributed by atoms with E-state index in [1.807, 2.05) is 0 Å². The van der Waals surface area contributed by atoms with E-state index < -0.39 is 19.2 Å². The highest BCUT2D eigenvalue weighted by molar-refractivity contribution is 7.50. The highest BCUT2D eigenvalue weighted by Crippen LogP contribution is 2.77. The number of hydrogen-bond donors (Lipinski definition) is 0. The fourth-order valence-electron chi connectivity index (χ4n) is 2.24. The van der Waals surface area contributed by atoms with Crippen LogP contribution in [-0.4, -0.2) is 29.0 Å². The summed E-state index contributed by atoms with van der Waals surface area (Å²) in [5, 5.41) is 0. The molecule has 0 aromatic carbocycles. The molecule has 0 aromatic heterocycles. The molecule has 0 aromatic rings. The van der Waals surface area contributed by atoms with Gasteiger partial charge in [-0.05, 0) is 24.8 Å². The minimum Gasteiger partial charge on any atom is -0.261 e. The summed E-state index contributed by atoms with van der Waals surface area (Å²) in [6.45, 7) is 0. The van der Waals surface area contributed by atoms with Crippen LogP contribution in [0.1, 0.15) is 19.3 Å². The second-order valence-corrected chi connectivity index (χ2v) is 7.12. The van der Waals surface area contributed by atoms with Gasteiger partial charge in [-0.15, -0.1) is 34.8 Å². The third kappa shape index (κ3) is 2.97. The highest BCUT2D eigenvalue weighted by Gasteiger charge is 2.72. The Bertz CT molecular complexity index is 410. The predicted octanol–water partition coefficient (Wildman–Crippen LogP) is 4.62. The van der Waals surface area contributed by atoms with Gasteiger partial charge in [0.05, 0.1) is 0 Å². The molecule has 0 spiro atoms. The van der Waals surface area contributed by atoms with Gasteiger partial charge in [0.1, 0.15) is 0 Å². The van der Waals surface area contributed by atoms with E-state index in [1.54, 1.807) is 0 Å². The molecule has 1 unspecified atom stereocenters. The Kier molecular flexibility index (Phi) is 5.53. The molecule has 3 rings (SSSR count). The summed E-state index contributed by atoms with van der Waals surface area (Å²) in [4.78, 5) is 0. The van der Waals surface area contributed by atoms with E-state index >= 15 is 0 Å². The van der Waals surface area contributed by atoms with Gasteiger partial charge in [0.15, 0.2) is 0 Å². The van der Waals surface area contributed by atoms with Crippen LogP contribution in [0.5, 0.6) is 0 Å². The lowest BCUT2D eigenvalue weighted by Gasteiger charge is -2.38. The van der Waals surface area contributed by atoms with E-state index in [0.29, 0.717) is 36.9 Å². The molecule has 0 amide bonds. The second kappa shape index (κ2) is 6.41. The van der Waals surface area contributed by atoms with Crippen molar-refractivity contribution >= 4 is 54.2 Å². The van der Waals surface area contributed by atoms with Crippen molar-refractivity contribution < 1.29 is 18.1 Å². The van der Waals surface area contributed by atoms with Gasteiger partial charge in [0, 0.05) is 17.6 Å². The molecular weight excluding hydrogens is 357 g/mol. The van der Waals surface area contributed by atoms with Crippen LogP contribution in [0.3, 0.4) is 0 Å². The van der Waals surface area contributed by atoms with Crippen LogP contribution in [0, 0.1) is 0 Å². The topological polar surface area (TPSA) is 44.8 Å². The molecule has 9 heteroatoms. The van der Waals surface area contributed by atoms with Crippen molar-refractivity contribution in [3.63, 3.8) is 0 Å². The first kappa shape index (κ1) is 16.4. The number of rotatable bonds is 7. The third-order valence-electron chi connectivity index (χ3n) is 3.00. The molecule has 2 bridgehead atoms. The Balaban J connectivity index is 2.34. The molecule has 19 heavy (non-hydrogen) atoms. The molecule has 0 N–H and O–H groups in total. The summed E-state index contributed by atoms with van der Waals surface area (Å²) in [6, 6.07) is 0. The summed E-state index contributed by atoms with van der Waals surface area (Å²) in [5.74, 6) is -0.0790. The zero-order chi connectivity index (χ0) is 14.1.